The van der Waals surface area contributed by atoms with Gasteiger partial charge in [-0.3, -0.25) is 9.00 Å². The molecular weight excluding hydrogens is 346 g/mol. The van der Waals surface area contributed by atoms with Gasteiger partial charge in [0, 0.05) is 22.8 Å². The van der Waals surface area contributed by atoms with E-state index in [1.54, 1.807) is 4.68 Å². The first kappa shape index (κ1) is 17.5. The highest BCUT2D eigenvalue weighted by Crippen LogP contribution is 2.32. The van der Waals surface area contributed by atoms with Crippen LogP contribution in [0, 0.1) is 12.8 Å². The lowest BCUT2D eigenvalue weighted by Gasteiger charge is -2.21. The lowest BCUT2D eigenvalue weighted by Crippen LogP contribution is -2.20. The molecule has 4 rings (SSSR count). The van der Waals surface area contributed by atoms with E-state index >= 15 is 0 Å². The van der Waals surface area contributed by atoms with Gasteiger partial charge in [-0.1, -0.05) is 37.0 Å². The Hall–Kier alpha value is -1.95. The van der Waals surface area contributed by atoms with Crippen molar-refractivity contribution >= 4 is 22.5 Å². The first-order valence-electron chi connectivity index (χ1n) is 9.43. The van der Waals surface area contributed by atoms with Gasteiger partial charge in [0.25, 0.3) is 0 Å². The van der Waals surface area contributed by atoms with E-state index in [9.17, 15) is 9.00 Å². The number of anilines is 1. The number of nitrogens with one attached hydrogen (secondary N) is 1. The maximum Gasteiger partial charge on any atom is 0.225 e. The van der Waals surface area contributed by atoms with Crippen LogP contribution in [0.4, 0.5) is 5.82 Å². The Balaban J connectivity index is 1.60. The topological polar surface area (TPSA) is 64.0 Å². The Labute approximate surface area is 156 Å². The van der Waals surface area contributed by atoms with Crippen LogP contribution in [-0.2, 0) is 27.1 Å². The largest absolute Gasteiger partial charge is 0.310 e. The van der Waals surface area contributed by atoms with Crippen LogP contribution in [-0.4, -0.2) is 19.9 Å². The predicted molar refractivity (Wildman–Crippen MR) is 104 cm³/mol. The summed E-state index contributed by atoms with van der Waals surface area (Å²) in [5.41, 5.74) is 3.87. The van der Waals surface area contributed by atoms with Crippen molar-refractivity contribution in [1.29, 1.82) is 0 Å². The molecule has 1 saturated carbocycles. The quantitative estimate of drug-likeness (QED) is 0.888. The van der Waals surface area contributed by atoms with Crippen molar-refractivity contribution in [2.45, 2.75) is 57.0 Å². The summed E-state index contributed by atoms with van der Waals surface area (Å²) in [6.07, 6.45) is 6.61. The fourth-order valence-corrected chi connectivity index (χ4v) is 5.23. The molecule has 1 aliphatic heterocycles. The zero-order chi connectivity index (χ0) is 18.1. The molecule has 2 aliphatic rings. The molecule has 0 spiro atoms. The van der Waals surface area contributed by atoms with Crippen LogP contribution in [0.25, 0.3) is 5.69 Å². The Morgan fingerprint density at radius 2 is 1.92 bits per heavy atom. The number of aromatic nitrogens is 2. The van der Waals surface area contributed by atoms with E-state index in [1.165, 1.54) is 24.8 Å². The van der Waals surface area contributed by atoms with Crippen molar-refractivity contribution in [2.75, 3.05) is 5.32 Å². The predicted octanol–water partition coefficient (Wildman–Crippen LogP) is 3.85. The number of carbonyl (C=O) groups is 1. The highest BCUT2D eigenvalue weighted by atomic mass is 32.2. The number of benzene rings is 1. The first-order valence-corrected chi connectivity index (χ1v) is 10.9. The van der Waals surface area contributed by atoms with Crippen molar-refractivity contribution in [3.8, 4) is 5.69 Å². The monoisotopic (exact) mass is 371 g/mol. The number of hydrogen-bond donors (Lipinski definition) is 1. The Bertz CT molecular complexity index is 835. The normalized spacial score (nSPS) is 20.1. The maximum absolute atomic E-state index is 12.7. The molecule has 1 aliphatic carbocycles. The second kappa shape index (κ2) is 7.35. The van der Waals surface area contributed by atoms with E-state index in [4.69, 9.17) is 0 Å². The van der Waals surface area contributed by atoms with Crippen molar-refractivity contribution in [1.82, 2.24) is 9.78 Å². The zero-order valence-corrected chi connectivity index (χ0v) is 16.0. The Morgan fingerprint density at radius 3 is 2.65 bits per heavy atom. The standard InChI is InChI=1S/C20H25N3O2S/c1-14-7-9-16(10-8-14)23-20(17-12-26(25)13-18(17)22-23)21-19(24)11-15-5-3-2-4-6-15/h7-10,15H,2-6,11-13H2,1H3,(H,21,24)/t26-/m1/s1. The smallest absolute Gasteiger partial charge is 0.225 e. The molecule has 1 fully saturated rings. The molecule has 0 radical (unpaired) electrons. The number of carbonyl (C=O) groups excluding carboxylic acids is 1. The number of hydrogen-bond acceptors (Lipinski definition) is 3. The van der Waals surface area contributed by atoms with E-state index in [2.05, 4.69) is 10.4 Å². The van der Waals surface area contributed by atoms with Gasteiger partial charge in [0.1, 0.15) is 5.82 Å². The highest BCUT2D eigenvalue weighted by molar-refractivity contribution is 7.83. The van der Waals surface area contributed by atoms with E-state index in [0.717, 1.165) is 29.8 Å². The van der Waals surface area contributed by atoms with Crippen molar-refractivity contribution in [2.24, 2.45) is 5.92 Å². The number of fused-ring (bicyclic) bond motifs is 1. The number of aryl methyl sites for hydroxylation is 1. The van der Waals surface area contributed by atoms with E-state index in [0.29, 0.717) is 29.7 Å². The maximum atomic E-state index is 12.7. The van der Waals surface area contributed by atoms with Gasteiger partial charge >= 0.3 is 0 Å². The third-order valence-corrected chi connectivity index (χ3v) is 6.61. The zero-order valence-electron chi connectivity index (χ0n) is 15.2. The molecular formula is C20H25N3O2S. The molecule has 5 nitrogen and oxygen atoms in total. The molecule has 138 valence electrons. The summed E-state index contributed by atoms with van der Waals surface area (Å²) in [5.74, 6) is 2.18. The summed E-state index contributed by atoms with van der Waals surface area (Å²) in [5, 5.41) is 7.75. The number of amides is 1. The lowest BCUT2D eigenvalue weighted by atomic mass is 9.87. The molecule has 2 aromatic rings. The second-order valence-electron chi connectivity index (χ2n) is 7.51. The number of rotatable bonds is 4. The van der Waals surface area contributed by atoms with Gasteiger partial charge in [-0.2, -0.15) is 5.10 Å². The molecule has 1 amide bonds. The fraction of sp³-hybridized carbons (Fsp3) is 0.500. The minimum Gasteiger partial charge on any atom is -0.310 e. The molecule has 1 aromatic carbocycles. The van der Waals surface area contributed by atoms with Gasteiger partial charge in [0.05, 0.1) is 22.9 Å². The van der Waals surface area contributed by atoms with E-state index in [-0.39, 0.29) is 5.91 Å². The Morgan fingerprint density at radius 1 is 1.19 bits per heavy atom. The van der Waals surface area contributed by atoms with Crippen LogP contribution in [0.5, 0.6) is 0 Å². The van der Waals surface area contributed by atoms with Crippen LogP contribution in [0.15, 0.2) is 24.3 Å². The summed E-state index contributed by atoms with van der Waals surface area (Å²) in [6, 6.07) is 8.08. The van der Waals surface area contributed by atoms with Crippen molar-refractivity contribution < 1.29 is 9.00 Å². The van der Waals surface area contributed by atoms with Gasteiger partial charge < -0.3 is 5.32 Å². The summed E-state index contributed by atoms with van der Waals surface area (Å²) in [4.78, 5) is 12.7. The van der Waals surface area contributed by atoms with E-state index < -0.39 is 10.8 Å². The summed E-state index contributed by atoms with van der Waals surface area (Å²) in [6.45, 7) is 2.04. The number of nitrogens with zero attached hydrogens (tertiary/aromatic N) is 2. The minimum absolute atomic E-state index is 0.0469. The van der Waals surface area contributed by atoms with Crippen LogP contribution in [0.3, 0.4) is 0 Å². The minimum atomic E-state index is -0.915. The molecule has 0 saturated heterocycles. The molecule has 0 unspecified atom stereocenters. The van der Waals surface area contributed by atoms with Crippen molar-refractivity contribution in [3.05, 3.63) is 41.1 Å². The molecule has 0 bridgehead atoms. The summed E-state index contributed by atoms with van der Waals surface area (Å²) < 4.78 is 13.8. The summed E-state index contributed by atoms with van der Waals surface area (Å²) >= 11 is 0. The van der Waals surface area contributed by atoms with Gasteiger partial charge in [-0.05, 0) is 37.8 Å². The van der Waals surface area contributed by atoms with Crippen LogP contribution in [0.2, 0.25) is 0 Å². The molecule has 1 aromatic heterocycles. The highest BCUT2D eigenvalue weighted by Gasteiger charge is 2.28. The van der Waals surface area contributed by atoms with Crippen LogP contribution >= 0.6 is 0 Å². The average Bonchev–Trinajstić information content (AvgIpc) is 3.14. The molecule has 6 heteroatoms. The van der Waals surface area contributed by atoms with Gasteiger partial charge in [0.2, 0.25) is 5.91 Å². The third kappa shape index (κ3) is 3.61. The fourth-order valence-electron chi connectivity index (χ4n) is 3.97. The SMILES string of the molecule is Cc1ccc(-n2nc3c(c2NC(=O)CC2CCCCC2)C[S@@](=O)C3)cc1. The van der Waals surface area contributed by atoms with Gasteiger partial charge in [-0.15, -0.1) is 0 Å². The molecule has 2 heterocycles. The van der Waals surface area contributed by atoms with Crippen LogP contribution < -0.4 is 5.32 Å². The Kier molecular flexibility index (Phi) is 4.94. The first-order chi connectivity index (χ1) is 12.6. The van der Waals surface area contributed by atoms with Crippen molar-refractivity contribution in [3.63, 3.8) is 0 Å². The van der Waals surface area contributed by atoms with Gasteiger partial charge in [0.15, 0.2) is 0 Å². The second-order valence-corrected chi connectivity index (χ2v) is 8.96. The lowest BCUT2D eigenvalue weighted by molar-refractivity contribution is -0.117. The summed E-state index contributed by atoms with van der Waals surface area (Å²) in [7, 11) is -0.915. The molecule has 1 atom stereocenters. The molecule has 26 heavy (non-hydrogen) atoms. The average molecular weight is 372 g/mol. The van der Waals surface area contributed by atoms with Crippen LogP contribution in [0.1, 0.15) is 55.3 Å². The molecule has 1 N–H and O–H groups in total. The third-order valence-electron chi connectivity index (χ3n) is 5.40. The van der Waals surface area contributed by atoms with E-state index in [1.807, 2.05) is 31.2 Å². The van der Waals surface area contributed by atoms with Gasteiger partial charge in [-0.25, -0.2) is 4.68 Å².